The molecule has 0 fully saturated rings. The first kappa shape index (κ1) is 14.5. The molecular weight excluding hydrogens is 270 g/mol. The van der Waals surface area contributed by atoms with E-state index in [9.17, 15) is 4.79 Å². The van der Waals surface area contributed by atoms with Crippen molar-refractivity contribution in [1.29, 1.82) is 0 Å². The van der Waals surface area contributed by atoms with E-state index in [4.69, 9.17) is 5.73 Å². The predicted molar refractivity (Wildman–Crippen MR) is 82.7 cm³/mol. The Labute approximate surface area is 123 Å². The molecule has 2 N–H and O–H groups in total. The second-order valence-electron chi connectivity index (χ2n) is 4.68. The van der Waals surface area contributed by atoms with E-state index >= 15 is 0 Å². The van der Waals surface area contributed by atoms with Crippen LogP contribution in [0.5, 0.6) is 0 Å². The van der Waals surface area contributed by atoms with Crippen LogP contribution in [0.2, 0.25) is 0 Å². The minimum atomic E-state index is 0.0161. The normalized spacial score (nSPS) is 10.5. The van der Waals surface area contributed by atoms with Crippen molar-refractivity contribution in [2.45, 2.75) is 26.8 Å². The Balaban J connectivity index is 2.20. The zero-order chi connectivity index (χ0) is 14.5. The van der Waals surface area contributed by atoms with Crippen molar-refractivity contribution >= 4 is 22.4 Å². The number of anilines is 1. The van der Waals surface area contributed by atoms with Crippen LogP contribution in [0.15, 0.2) is 30.3 Å². The number of hydrogen-bond acceptors (Lipinski definition) is 4. The van der Waals surface area contributed by atoms with Crippen molar-refractivity contribution in [3.8, 4) is 0 Å². The van der Waals surface area contributed by atoms with Crippen LogP contribution in [0.25, 0.3) is 0 Å². The third kappa shape index (κ3) is 3.36. The fraction of sp³-hybridized carbons (Fsp3) is 0.333. The van der Waals surface area contributed by atoms with Crippen LogP contribution < -0.4 is 5.73 Å². The molecule has 2 rings (SSSR count). The molecule has 0 saturated carbocycles. The fourth-order valence-electron chi connectivity index (χ4n) is 2.09. The highest BCUT2D eigenvalue weighted by molar-refractivity contribution is 7.17. The van der Waals surface area contributed by atoms with Crippen LogP contribution in [-0.4, -0.2) is 22.3 Å². The Morgan fingerprint density at radius 3 is 2.60 bits per heavy atom. The summed E-state index contributed by atoms with van der Waals surface area (Å²) >= 11 is 1.26. The van der Waals surface area contributed by atoms with Crippen LogP contribution in [-0.2, 0) is 6.54 Å². The first-order valence-corrected chi connectivity index (χ1v) is 7.49. The van der Waals surface area contributed by atoms with E-state index in [1.807, 2.05) is 42.2 Å². The molecule has 4 nitrogen and oxygen atoms in total. The van der Waals surface area contributed by atoms with E-state index in [1.54, 1.807) is 0 Å². The maximum absolute atomic E-state index is 12.6. The lowest BCUT2D eigenvalue weighted by atomic mass is 10.2. The summed E-state index contributed by atoms with van der Waals surface area (Å²) < 4.78 is 0. The number of aromatic nitrogens is 1. The topological polar surface area (TPSA) is 59.2 Å². The molecule has 0 aliphatic heterocycles. The third-order valence-corrected chi connectivity index (χ3v) is 3.98. The van der Waals surface area contributed by atoms with Gasteiger partial charge in [-0.2, -0.15) is 0 Å². The van der Waals surface area contributed by atoms with Crippen molar-refractivity contribution in [2.75, 3.05) is 12.3 Å². The van der Waals surface area contributed by atoms with E-state index in [-0.39, 0.29) is 5.91 Å². The summed E-state index contributed by atoms with van der Waals surface area (Å²) in [5, 5.41) is 0.446. The Kier molecular flexibility index (Phi) is 4.74. The molecule has 0 saturated heterocycles. The summed E-state index contributed by atoms with van der Waals surface area (Å²) in [6.07, 6.45) is 0.923. The third-order valence-electron chi connectivity index (χ3n) is 3.00. The first-order valence-electron chi connectivity index (χ1n) is 6.68. The van der Waals surface area contributed by atoms with Gasteiger partial charge in [0.25, 0.3) is 5.91 Å². The summed E-state index contributed by atoms with van der Waals surface area (Å²) in [6.45, 7) is 5.24. The van der Waals surface area contributed by atoms with E-state index < -0.39 is 0 Å². The second kappa shape index (κ2) is 6.52. The molecule has 0 aliphatic carbocycles. The van der Waals surface area contributed by atoms with E-state index in [2.05, 4.69) is 11.9 Å². The van der Waals surface area contributed by atoms with Gasteiger partial charge in [-0.3, -0.25) is 4.79 Å². The summed E-state index contributed by atoms with van der Waals surface area (Å²) in [6, 6.07) is 10.0. The lowest BCUT2D eigenvalue weighted by Gasteiger charge is -2.21. The number of thiazole rings is 1. The van der Waals surface area contributed by atoms with E-state index in [0.717, 1.165) is 18.5 Å². The van der Waals surface area contributed by atoms with Gasteiger partial charge in [0.05, 0.1) is 5.69 Å². The minimum absolute atomic E-state index is 0.0161. The highest BCUT2D eigenvalue weighted by atomic mass is 32.1. The van der Waals surface area contributed by atoms with Crippen LogP contribution >= 0.6 is 11.3 Å². The Hall–Kier alpha value is -1.88. The molecule has 1 heterocycles. The highest BCUT2D eigenvalue weighted by Gasteiger charge is 2.20. The Morgan fingerprint density at radius 2 is 2.05 bits per heavy atom. The number of hydrogen-bond donors (Lipinski definition) is 1. The molecule has 0 radical (unpaired) electrons. The van der Waals surface area contributed by atoms with Gasteiger partial charge in [0.1, 0.15) is 4.88 Å². The number of amides is 1. The summed E-state index contributed by atoms with van der Waals surface area (Å²) in [5.41, 5.74) is 7.52. The van der Waals surface area contributed by atoms with Gasteiger partial charge in [0.15, 0.2) is 5.13 Å². The molecule has 106 valence electrons. The van der Waals surface area contributed by atoms with Crippen LogP contribution in [0.4, 0.5) is 5.13 Å². The molecule has 20 heavy (non-hydrogen) atoms. The number of nitrogens with zero attached hydrogens (tertiary/aromatic N) is 2. The lowest BCUT2D eigenvalue weighted by molar-refractivity contribution is 0.0747. The van der Waals surface area contributed by atoms with Gasteiger partial charge in [-0.25, -0.2) is 4.98 Å². The number of benzene rings is 1. The molecule has 0 unspecified atom stereocenters. The summed E-state index contributed by atoms with van der Waals surface area (Å²) in [4.78, 5) is 19.2. The molecular formula is C15H19N3OS. The van der Waals surface area contributed by atoms with Crippen molar-refractivity contribution in [3.05, 3.63) is 46.5 Å². The first-order chi connectivity index (χ1) is 9.61. The summed E-state index contributed by atoms with van der Waals surface area (Å²) in [5.74, 6) is 0.0161. The van der Waals surface area contributed by atoms with Gasteiger partial charge in [-0.1, -0.05) is 48.6 Å². The lowest BCUT2D eigenvalue weighted by Crippen LogP contribution is -2.31. The minimum Gasteiger partial charge on any atom is -0.375 e. The van der Waals surface area contributed by atoms with Gasteiger partial charge in [-0.05, 0) is 18.9 Å². The number of carbonyl (C=O) groups is 1. The number of nitrogens with two attached hydrogens (primary N) is 1. The second-order valence-corrected chi connectivity index (χ2v) is 5.71. The SMILES string of the molecule is CCCN(Cc1ccccc1)C(=O)c1sc(N)nc1C. The largest absolute Gasteiger partial charge is 0.375 e. The molecule has 0 spiro atoms. The fourth-order valence-corrected chi connectivity index (χ4v) is 2.89. The molecule has 0 aliphatic rings. The Bertz CT molecular complexity index is 580. The van der Waals surface area contributed by atoms with Crippen LogP contribution in [0, 0.1) is 6.92 Å². The van der Waals surface area contributed by atoms with Crippen molar-refractivity contribution in [2.24, 2.45) is 0 Å². The van der Waals surface area contributed by atoms with Crippen molar-refractivity contribution in [3.63, 3.8) is 0 Å². The van der Waals surface area contributed by atoms with Crippen LogP contribution in [0.3, 0.4) is 0 Å². The van der Waals surface area contributed by atoms with Crippen molar-refractivity contribution in [1.82, 2.24) is 9.88 Å². The summed E-state index contributed by atoms with van der Waals surface area (Å²) in [7, 11) is 0. The zero-order valence-electron chi connectivity index (χ0n) is 11.8. The van der Waals surface area contributed by atoms with Gasteiger partial charge < -0.3 is 10.6 Å². The van der Waals surface area contributed by atoms with Crippen LogP contribution in [0.1, 0.15) is 34.3 Å². The number of aryl methyl sites for hydroxylation is 1. The predicted octanol–water partition coefficient (Wildman–Crippen LogP) is 3.09. The monoisotopic (exact) mass is 289 g/mol. The molecule has 0 atom stereocenters. The maximum atomic E-state index is 12.6. The molecule has 1 aromatic carbocycles. The maximum Gasteiger partial charge on any atom is 0.266 e. The molecule has 1 aromatic heterocycles. The molecule has 1 amide bonds. The highest BCUT2D eigenvalue weighted by Crippen LogP contribution is 2.22. The zero-order valence-corrected chi connectivity index (χ0v) is 12.6. The van der Waals surface area contributed by atoms with Crippen molar-refractivity contribution < 1.29 is 4.79 Å². The average Bonchev–Trinajstić information content (AvgIpc) is 2.77. The van der Waals surface area contributed by atoms with E-state index in [0.29, 0.717) is 22.2 Å². The average molecular weight is 289 g/mol. The molecule has 2 aromatic rings. The molecule has 5 heteroatoms. The van der Waals surface area contributed by atoms with Gasteiger partial charge in [0.2, 0.25) is 0 Å². The van der Waals surface area contributed by atoms with Gasteiger partial charge in [-0.15, -0.1) is 0 Å². The smallest absolute Gasteiger partial charge is 0.266 e. The van der Waals surface area contributed by atoms with Gasteiger partial charge in [0, 0.05) is 13.1 Å². The van der Waals surface area contributed by atoms with Gasteiger partial charge >= 0.3 is 0 Å². The molecule has 0 bridgehead atoms. The number of rotatable bonds is 5. The van der Waals surface area contributed by atoms with E-state index in [1.165, 1.54) is 11.3 Å². The Morgan fingerprint density at radius 1 is 1.35 bits per heavy atom. The standard InChI is InChI=1S/C15H19N3OS/c1-3-9-18(10-12-7-5-4-6-8-12)14(19)13-11(2)17-15(16)20-13/h4-8H,3,9-10H2,1-2H3,(H2,16,17). The quantitative estimate of drug-likeness (QED) is 0.920. The number of carbonyl (C=O) groups excluding carboxylic acids is 1. The number of nitrogen functional groups attached to an aromatic ring is 1.